The van der Waals surface area contributed by atoms with Crippen LogP contribution in [0.25, 0.3) is 10.9 Å². The lowest BCUT2D eigenvalue weighted by atomic mass is 9.88. The first kappa shape index (κ1) is 22.2. The normalized spacial score (nSPS) is 21.0. The molecule has 0 radical (unpaired) electrons. The van der Waals surface area contributed by atoms with Gasteiger partial charge >= 0.3 is 0 Å². The van der Waals surface area contributed by atoms with E-state index in [2.05, 4.69) is 23.5 Å². The van der Waals surface area contributed by atoms with Crippen LogP contribution in [-0.4, -0.2) is 33.4 Å². The van der Waals surface area contributed by atoms with Crippen LogP contribution in [0.1, 0.15) is 49.8 Å². The van der Waals surface area contributed by atoms with Crippen molar-refractivity contribution < 1.29 is 9.53 Å². The fourth-order valence-electron chi connectivity index (χ4n) is 4.80. The lowest BCUT2D eigenvalue weighted by Crippen LogP contribution is -2.36. The first-order valence-corrected chi connectivity index (χ1v) is 12.6. The molecule has 6 nitrogen and oxygen atoms in total. The Morgan fingerprint density at radius 3 is 2.85 bits per heavy atom. The summed E-state index contributed by atoms with van der Waals surface area (Å²) >= 11 is 1.34. The number of nitrogens with zero attached hydrogens (tertiary/aromatic N) is 2. The second kappa shape index (κ2) is 9.69. The van der Waals surface area contributed by atoms with Crippen molar-refractivity contribution in [1.29, 1.82) is 0 Å². The second-order valence-corrected chi connectivity index (χ2v) is 10.2. The van der Waals surface area contributed by atoms with E-state index in [1.165, 1.54) is 22.9 Å². The molecule has 7 heteroatoms. The lowest BCUT2D eigenvalue weighted by Gasteiger charge is -2.27. The van der Waals surface area contributed by atoms with Crippen LogP contribution in [0.4, 0.5) is 0 Å². The molecule has 2 aliphatic rings. The Kier molecular flexibility index (Phi) is 6.51. The van der Waals surface area contributed by atoms with Gasteiger partial charge in [0.05, 0.1) is 34.8 Å². The smallest absolute Gasteiger partial charge is 0.262 e. The molecule has 0 bridgehead atoms. The van der Waals surface area contributed by atoms with Crippen molar-refractivity contribution in [3.05, 3.63) is 70.0 Å². The first-order chi connectivity index (χ1) is 16.1. The quantitative estimate of drug-likeness (QED) is 0.437. The van der Waals surface area contributed by atoms with Crippen molar-refractivity contribution in [2.45, 2.75) is 68.1 Å². The number of carbonyl (C=O) groups excluding carboxylic acids is 1. The summed E-state index contributed by atoms with van der Waals surface area (Å²) in [5, 5.41) is 4.02. The van der Waals surface area contributed by atoms with E-state index in [0.717, 1.165) is 38.7 Å². The molecule has 1 aliphatic carbocycles. The van der Waals surface area contributed by atoms with Gasteiger partial charge in [0, 0.05) is 6.61 Å². The highest BCUT2D eigenvalue weighted by molar-refractivity contribution is 8.00. The molecule has 1 aliphatic heterocycles. The number of carbonyl (C=O) groups is 1. The van der Waals surface area contributed by atoms with Crippen LogP contribution >= 0.6 is 11.8 Å². The third-order valence-corrected chi connectivity index (χ3v) is 7.66. The summed E-state index contributed by atoms with van der Waals surface area (Å²) in [6.07, 6.45) is 5.01. The SMILES string of the molecule is CC(Sc1nc2ccccc2c(=O)n1CC1CCCO1)C(=O)NC1CCCc2ccccc21. The number of hydrogen-bond acceptors (Lipinski definition) is 5. The van der Waals surface area contributed by atoms with E-state index >= 15 is 0 Å². The Labute approximate surface area is 197 Å². The van der Waals surface area contributed by atoms with Crippen molar-refractivity contribution in [2.75, 3.05) is 6.61 Å². The van der Waals surface area contributed by atoms with E-state index in [1.807, 2.05) is 37.3 Å². The van der Waals surface area contributed by atoms with Gasteiger partial charge in [-0.2, -0.15) is 0 Å². The number of para-hydroxylation sites is 1. The van der Waals surface area contributed by atoms with Crippen molar-refractivity contribution in [3.8, 4) is 0 Å². The van der Waals surface area contributed by atoms with E-state index in [-0.39, 0.29) is 28.9 Å². The summed E-state index contributed by atoms with van der Waals surface area (Å²) in [6.45, 7) is 3.07. The maximum atomic E-state index is 13.3. The fourth-order valence-corrected chi connectivity index (χ4v) is 5.72. The molecule has 1 saturated heterocycles. The molecule has 2 aromatic carbocycles. The topological polar surface area (TPSA) is 73.2 Å². The highest BCUT2D eigenvalue weighted by Gasteiger charge is 2.26. The number of benzene rings is 2. The van der Waals surface area contributed by atoms with Crippen LogP contribution in [0.5, 0.6) is 0 Å². The van der Waals surface area contributed by atoms with Crippen LogP contribution < -0.4 is 10.9 Å². The molecule has 3 unspecified atom stereocenters. The number of rotatable bonds is 6. The zero-order valence-electron chi connectivity index (χ0n) is 18.8. The van der Waals surface area contributed by atoms with Crippen LogP contribution in [0, 0.1) is 0 Å². The Morgan fingerprint density at radius 1 is 1.18 bits per heavy atom. The van der Waals surface area contributed by atoms with Gasteiger partial charge in [0.2, 0.25) is 5.91 Å². The summed E-state index contributed by atoms with van der Waals surface area (Å²) in [5.41, 5.74) is 3.11. The molecule has 3 atom stereocenters. The molecule has 0 spiro atoms. The zero-order valence-corrected chi connectivity index (χ0v) is 19.6. The predicted molar refractivity (Wildman–Crippen MR) is 131 cm³/mol. The standard InChI is InChI=1S/C26H29N3O3S/c1-17(24(30)27-22-14-6-9-18-8-2-3-11-20(18)22)33-26-28-23-13-5-4-12-21(23)25(31)29(26)16-19-10-7-15-32-19/h2-5,8,11-13,17,19,22H,6-7,9-10,14-16H2,1H3,(H,27,30). The van der Waals surface area contributed by atoms with Crippen LogP contribution in [-0.2, 0) is 22.5 Å². The highest BCUT2D eigenvalue weighted by atomic mass is 32.2. The average Bonchev–Trinajstić information content (AvgIpc) is 3.35. The van der Waals surface area contributed by atoms with E-state index in [9.17, 15) is 9.59 Å². The molecule has 1 aromatic heterocycles. The van der Waals surface area contributed by atoms with Crippen molar-refractivity contribution in [3.63, 3.8) is 0 Å². The molecule has 33 heavy (non-hydrogen) atoms. The number of amides is 1. The van der Waals surface area contributed by atoms with Crippen LogP contribution in [0.2, 0.25) is 0 Å². The Bertz CT molecular complexity index is 1220. The third-order valence-electron chi connectivity index (χ3n) is 6.57. The molecule has 2 heterocycles. The maximum Gasteiger partial charge on any atom is 0.262 e. The molecule has 5 rings (SSSR count). The van der Waals surface area contributed by atoms with E-state index < -0.39 is 0 Å². The second-order valence-electron chi connectivity index (χ2n) is 8.87. The highest BCUT2D eigenvalue weighted by Crippen LogP contribution is 2.31. The largest absolute Gasteiger partial charge is 0.376 e. The average molecular weight is 464 g/mol. The van der Waals surface area contributed by atoms with Crippen LogP contribution in [0.15, 0.2) is 58.5 Å². The monoisotopic (exact) mass is 463 g/mol. The van der Waals surface area contributed by atoms with Gasteiger partial charge in [-0.15, -0.1) is 0 Å². The molecule has 1 amide bonds. The van der Waals surface area contributed by atoms with E-state index in [4.69, 9.17) is 9.72 Å². The van der Waals surface area contributed by atoms with Gasteiger partial charge in [0.1, 0.15) is 0 Å². The summed E-state index contributed by atoms with van der Waals surface area (Å²) in [7, 11) is 0. The first-order valence-electron chi connectivity index (χ1n) is 11.8. The molecule has 1 N–H and O–H groups in total. The van der Waals surface area contributed by atoms with Gasteiger partial charge in [-0.3, -0.25) is 14.2 Å². The summed E-state index contributed by atoms with van der Waals surface area (Å²) in [4.78, 5) is 31.2. The molecular weight excluding hydrogens is 434 g/mol. The van der Waals surface area contributed by atoms with Gasteiger partial charge in [-0.05, 0) is 62.3 Å². The molecule has 0 saturated carbocycles. The number of ether oxygens (including phenoxy) is 1. The Balaban J connectivity index is 1.38. The Morgan fingerprint density at radius 2 is 2.00 bits per heavy atom. The van der Waals surface area contributed by atoms with Crippen LogP contribution in [0.3, 0.4) is 0 Å². The minimum atomic E-state index is -0.386. The fraction of sp³-hybridized carbons (Fsp3) is 0.423. The van der Waals surface area contributed by atoms with Gasteiger partial charge in [-0.1, -0.05) is 48.2 Å². The summed E-state index contributed by atoms with van der Waals surface area (Å²) in [5.74, 6) is -0.0345. The molecule has 1 fully saturated rings. The number of hydrogen-bond donors (Lipinski definition) is 1. The van der Waals surface area contributed by atoms with Gasteiger partial charge in [0.25, 0.3) is 5.56 Å². The van der Waals surface area contributed by atoms with E-state index in [1.54, 1.807) is 4.57 Å². The molecular formula is C26H29N3O3S. The van der Waals surface area contributed by atoms with Crippen molar-refractivity contribution >= 4 is 28.6 Å². The Hall–Kier alpha value is -2.64. The number of nitrogens with one attached hydrogen (secondary N) is 1. The van der Waals surface area contributed by atoms with Crippen molar-refractivity contribution in [1.82, 2.24) is 14.9 Å². The molecule has 3 aromatic rings. The van der Waals surface area contributed by atoms with Crippen molar-refractivity contribution in [2.24, 2.45) is 0 Å². The molecule has 172 valence electrons. The maximum absolute atomic E-state index is 13.3. The summed E-state index contributed by atoms with van der Waals surface area (Å²) in [6, 6.07) is 15.8. The minimum Gasteiger partial charge on any atom is -0.376 e. The number of fused-ring (bicyclic) bond motifs is 2. The zero-order chi connectivity index (χ0) is 22.8. The third kappa shape index (κ3) is 4.70. The summed E-state index contributed by atoms with van der Waals surface area (Å²) < 4.78 is 7.49. The van der Waals surface area contributed by atoms with Gasteiger partial charge in [0.15, 0.2) is 5.16 Å². The van der Waals surface area contributed by atoms with E-state index in [0.29, 0.717) is 22.6 Å². The number of aromatic nitrogens is 2. The minimum absolute atomic E-state index is 0.00730. The number of thioether (sulfide) groups is 1. The van der Waals surface area contributed by atoms with Gasteiger partial charge < -0.3 is 10.1 Å². The lowest BCUT2D eigenvalue weighted by molar-refractivity contribution is -0.121. The number of aryl methyl sites for hydroxylation is 1. The predicted octanol–water partition coefficient (Wildman–Crippen LogP) is 4.25. The van der Waals surface area contributed by atoms with Gasteiger partial charge in [-0.25, -0.2) is 4.98 Å².